The van der Waals surface area contributed by atoms with Crippen LogP contribution in [0.4, 0.5) is 0 Å². The smallest absolute Gasteiger partial charge is 0.0994 e. The highest BCUT2D eigenvalue weighted by molar-refractivity contribution is 5.51. The van der Waals surface area contributed by atoms with Crippen LogP contribution in [0.5, 0.6) is 0 Å². The number of benzene rings is 1. The summed E-state index contributed by atoms with van der Waals surface area (Å²) in [7, 11) is 0. The van der Waals surface area contributed by atoms with Crippen LogP contribution in [-0.4, -0.2) is 0 Å². The van der Waals surface area contributed by atoms with Crippen molar-refractivity contribution in [2.45, 2.75) is 19.8 Å². The molecular weight excluding hydrogens is 134 g/mol. The quantitative estimate of drug-likeness (QED) is 0.544. The van der Waals surface area contributed by atoms with Gasteiger partial charge in [0.25, 0.3) is 0 Å². The summed E-state index contributed by atoms with van der Waals surface area (Å²) >= 11 is 0. The topological polar surface area (TPSA) is 23.8 Å². The molecule has 0 radical (unpaired) electrons. The number of nitriles is 1. The van der Waals surface area contributed by atoms with Gasteiger partial charge in [-0.1, -0.05) is 6.07 Å². The van der Waals surface area contributed by atoms with Gasteiger partial charge in [-0.2, -0.15) is 5.26 Å². The molecule has 1 nitrogen and oxygen atoms in total. The predicted octanol–water partition coefficient (Wildman–Crippen LogP) is 1.97. The SMILES string of the molecule is Cc1ccc(C#N)c2c1CC2. The fourth-order valence-corrected chi connectivity index (χ4v) is 1.62. The second kappa shape index (κ2) is 2.10. The first kappa shape index (κ1) is 6.42. The van der Waals surface area contributed by atoms with Crippen LogP contribution in [0, 0.1) is 18.3 Å². The molecule has 0 aliphatic heterocycles. The van der Waals surface area contributed by atoms with Gasteiger partial charge in [-0.15, -0.1) is 0 Å². The summed E-state index contributed by atoms with van der Waals surface area (Å²) in [6.45, 7) is 2.11. The van der Waals surface area contributed by atoms with E-state index in [1.54, 1.807) is 0 Å². The van der Waals surface area contributed by atoms with Gasteiger partial charge in [0.1, 0.15) is 0 Å². The molecule has 0 unspecified atom stereocenters. The monoisotopic (exact) mass is 143 g/mol. The predicted molar refractivity (Wildman–Crippen MR) is 43.3 cm³/mol. The molecule has 0 saturated heterocycles. The van der Waals surface area contributed by atoms with Gasteiger partial charge >= 0.3 is 0 Å². The second-order valence-electron chi connectivity index (χ2n) is 3.00. The van der Waals surface area contributed by atoms with Crippen LogP contribution in [0.1, 0.15) is 22.3 Å². The van der Waals surface area contributed by atoms with Crippen molar-refractivity contribution in [2.24, 2.45) is 0 Å². The van der Waals surface area contributed by atoms with Crippen LogP contribution in [0.15, 0.2) is 12.1 Å². The lowest BCUT2D eigenvalue weighted by Gasteiger charge is -2.21. The maximum absolute atomic E-state index is 8.72. The van der Waals surface area contributed by atoms with Crippen LogP contribution in [0.25, 0.3) is 0 Å². The number of nitrogens with zero attached hydrogens (tertiary/aromatic N) is 1. The summed E-state index contributed by atoms with van der Waals surface area (Å²) in [6, 6.07) is 6.18. The molecule has 11 heavy (non-hydrogen) atoms. The summed E-state index contributed by atoms with van der Waals surface area (Å²) in [5, 5.41) is 8.72. The third kappa shape index (κ3) is 0.760. The number of fused-ring (bicyclic) bond motifs is 1. The standard InChI is InChI=1S/C10H9N/c1-7-2-3-8(6-11)10-5-4-9(7)10/h2-3H,4-5H2,1H3. The maximum atomic E-state index is 8.72. The molecule has 0 saturated carbocycles. The van der Waals surface area contributed by atoms with Crippen molar-refractivity contribution >= 4 is 0 Å². The largest absolute Gasteiger partial charge is 0.192 e. The fourth-order valence-electron chi connectivity index (χ4n) is 1.62. The molecule has 0 aromatic heterocycles. The van der Waals surface area contributed by atoms with Crippen LogP contribution in [0.2, 0.25) is 0 Å². The average Bonchev–Trinajstić information content (AvgIpc) is 1.93. The van der Waals surface area contributed by atoms with Crippen molar-refractivity contribution < 1.29 is 0 Å². The van der Waals surface area contributed by atoms with E-state index in [1.807, 2.05) is 12.1 Å². The summed E-state index contributed by atoms with van der Waals surface area (Å²) < 4.78 is 0. The van der Waals surface area contributed by atoms with Crippen LogP contribution in [-0.2, 0) is 12.8 Å². The maximum Gasteiger partial charge on any atom is 0.0994 e. The Labute approximate surface area is 66.3 Å². The molecule has 2 rings (SSSR count). The third-order valence-electron chi connectivity index (χ3n) is 2.41. The van der Waals surface area contributed by atoms with E-state index in [0.717, 1.165) is 18.4 Å². The molecule has 1 aromatic carbocycles. The molecule has 0 spiro atoms. The van der Waals surface area contributed by atoms with Gasteiger partial charge in [0.05, 0.1) is 11.6 Å². The zero-order chi connectivity index (χ0) is 7.84. The van der Waals surface area contributed by atoms with E-state index in [-0.39, 0.29) is 0 Å². The first-order valence-electron chi connectivity index (χ1n) is 3.84. The number of hydrogen-bond acceptors (Lipinski definition) is 1. The molecule has 1 heteroatoms. The van der Waals surface area contributed by atoms with E-state index < -0.39 is 0 Å². The van der Waals surface area contributed by atoms with Crippen molar-refractivity contribution in [3.05, 3.63) is 34.4 Å². The Balaban J connectivity index is 2.67. The Kier molecular flexibility index (Phi) is 1.22. The van der Waals surface area contributed by atoms with Gasteiger partial charge in [-0.25, -0.2) is 0 Å². The van der Waals surface area contributed by atoms with Gasteiger partial charge in [-0.3, -0.25) is 0 Å². The lowest BCUT2D eigenvalue weighted by Crippen LogP contribution is -2.12. The van der Waals surface area contributed by atoms with Crippen LogP contribution in [0.3, 0.4) is 0 Å². The van der Waals surface area contributed by atoms with Gasteiger partial charge in [0.2, 0.25) is 0 Å². The summed E-state index contributed by atoms with van der Waals surface area (Å²) in [4.78, 5) is 0. The Morgan fingerprint density at radius 3 is 2.55 bits per heavy atom. The van der Waals surface area contributed by atoms with E-state index in [4.69, 9.17) is 5.26 Å². The molecule has 54 valence electrons. The molecular formula is C10H9N. The van der Waals surface area contributed by atoms with Crippen molar-refractivity contribution in [1.82, 2.24) is 0 Å². The van der Waals surface area contributed by atoms with Crippen LogP contribution >= 0.6 is 0 Å². The van der Waals surface area contributed by atoms with Gasteiger partial charge in [0, 0.05) is 0 Å². The minimum absolute atomic E-state index is 0.872. The fraction of sp³-hybridized carbons (Fsp3) is 0.300. The van der Waals surface area contributed by atoms with E-state index in [9.17, 15) is 0 Å². The zero-order valence-corrected chi connectivity index (χ0v) is 6.52. The Hall–Kier alpha value is -1.29. The van der Waals surface area contributed by atoms with Crippen LogP contribution < -0.4 is 0 Å². The van der Waals surface area contributed by atoms with Gasteiger partial charge in [-0.05, 0) is 42.5 Å². The van der Waals surface area contributed by atoms with Crippen molar-refractivity contribution in [2.75, 3.05) is 0 Å². The highest BCUT2D eigenvalue weighted by Gasteiger charge is 2.18. The molecule has 0 N–H and O–H groups in total. The molecule has 0 atom stereocenters. The molecule has 0 amide bonds. The molecule has 0 bridgehead atoms. The Morgan fingerprint density at radius 1 is 1.27 bits per heavy atom. The molecule has 0 heterocycles. The second-order valence-corrected chi connectivity index (χ2v) is 3.00. The van der Waals surface area contributed by atoms with E-state index in [1.165, 1.54) is 16.7 Å². The minimum atomic E-state index is 0.872. The highest BCUT2D eigenvalue weighted by atomic mass is 14.3. The van der Waals surface area contributed by atoms with Crippen molar-refractivity contribution in [3.63, 3.8) is 0 Å². The first-order chi connectivity index (χ1) is 5.33. The van der Waals surface area contributed by atoms with Gasteiger partial charge < -0.3 is 0 Å². The summed E-state index contributed by atoms with van der Waals surface area (Å²) in [6.07, 6.45) is 2.26. The normalized spacial score (nSPS) is 13.1. The van der Waals surface area contributed by atoms with E-state index in [0.29, 0.717) is 0 Å². The highest BCUT2D eigenvalue weighted by Crippen LogP contribution is 2.28. The molecule has 0 fully saturated rings. The van der Waals surface area contributed by atoms with E-state index >= 15 is 0 Å². The number of aryl methyl sites for hydroxylation is 1. The minimum Gasteiger partial charge on any atom is -0.192 e. The number of hydrogen-bond donors (Lipinski definition) is 0. The lowest BCUT2D eigenvalue weighted by atomic mass is 9.82. The number of rotatable bonds is 0. The average molecular weight is 143 g/mol. The summed E-state index contributed by atoms with van der Waals surface area (Å²) in [5.74, 6) is 0. The lowest BCUT2D eigenvalue weighted by molar-refractivity contribution is 0.823. The van der Waals surface area contributed by atoms with Gasteiger partial charge in [0.15, 0.2) is 0 Å². The first-order valence-corrected chi connectivity index (χ1v) is 3.84. The third-order valence-corrected chi connectivity index (χ3v) is 2.41. The molecule has 1 aliphatic carbocycles. The molecule has 1 aromatic rings. The zero-order valence-electron chi connectivity index (χ0n) is 6.52. The molecule has 1 aliphatic rings. The Bertz CT molecular complexity index is 345. The van der Waals surface area contributed by atoms with Crippen molar-refractivity contribution in [1.29, 1.82) is 5.26 Å². The van der Waals surface area contributed by atoms with E-state index in [2.05, 4.69) is 13.0 Å². The summed E-state index contributed by atoms with van der Waals surface area (Å²) in [5.41, 5.74) is 4.90. The van der Waals surface area contributed by atoms with Crippen molar-refractivity contribution in [3.8, 4) is 6.07 Å². The Morgan fingerprint density at radius 2 is 2.00 bits per heavy atom.